The topological polar surface area (TPSA) is 0 Å². The van der Waals surface area contributed by atoms with Crippen LogP contribution in [0.3, 0.4) is 0 Å². The maximum atomic E-state index is 14.9. The molecule has 2 fully saturated rings. The molecule has 0 bridgehead atoms. The largest absolute Gasteiger partial charge is 0.206 e. The molecular formula is C30H40ClF. The molecule has 0 radical (unpaired) electrons. The van der Waals surface area contributed by atoms with E-state index in [0.717, 1.165) is 23.3 Å². The zero-order chi connectivity index (χ0) is 22.3. The number of unbranched alkanes of at least 4 members (excludes halogenated alkanes) is 1. The molecule has 2 heteroatoms. The molecule has 0 amide bonds. The van der Waals surface area contributed by atoms with Crippen LogP contribution in [-0.2, 0) is 0 Å². The van der Waals surface area contributed by atoms with Crippen molar-refractivity contribution in [2.45, 2.75) is 96.3 Å². The van der Waals surface area contributed by atoms with Crippen molar-refractivity contribution in [1.29, 1.82) is 0 Å². The van der Waals surface area contributed by atoms with Gasteiger partial charge in [-0.05, 0) is 78.7 Å². The molecule has 0 heterocycles. The van der Waals surface area contributed by atoms with Gasteiger partial charge in [-0.1, -0.05) is 101 Å². The third-order valence-electron chi connectivity index (χ3n) is 8.38. The number of hydrogen-bond acceptors (Lipinski definition) is 0. The van der Waals surface area contributed by atoms with Gasteiger partial charge in [0.25, 0.3) is 0 Å². The molecule has 0 spiro atoms. The number of benzene rings is 2. The van der Waals surface area contributed by atoms with E-state index in [1.165, 1.54) is 89.0 Å². The van der Waals surface area contributed by atoms with Crippen LogP contribution in [0.25, 0.3) is 11.1 Å². The van der Waals surface area contributed by atoms with Crippen LogP contribution >= 0.6 is 11.6 Å². The SMILES string of the molecule is CCCC[C@H]1CC[C@H](CC[C@H]2CC[C@H](c3ccc(-c4ccc(Cl)cc4)c(F)c3)CC2)CC1. The van der Waals surface area contributed by atoms with Gasteiger partial charge >= 0.3 is 0 Å². The third-order valence-corrected chi connectivity index (χ3v) is 8.63. The summed E-state index contributed by atoms with van der Waals surface area (Å²) in [7, 11) is 0. The van der Waals surface area contributed by atoms with Crippen LogP contribution < -0.4 is 0 Å². The predicted octanol–water partition coefficient (Wildman–Crippen LogP) is 10.2. The first kappa shape index (κ1) is 23.8. The van der Waals surface area contributed by atoms with Crippen molar-refractivity contribution in [2.75, 3.05) is 0 Å². The van der Waals surface area contributed by atoms with Gasteiger partial charge in [-0.25, -0.2) is 4.39 Å². The Morgan fingerprint density at radius 1 is 0.750 bits per heavy atom. The fraction of sp³-hybridized carbons (Fsp3) is 0.600. The Morgan fingerprint density at radius 3 is 1.88 bits per heavy atom. The van der Waals surface area contributed by atoms with Crippen molar-refractivity contribution < 1.29 is 4.39 Å². The van der Waals surface area contributed by atoms with E-state index < -0.39 is 0 Å². The lowest BCUT2D eigenvalue weighted by molar-refractivity contribution is 0.222. The fourth-order valence-electron chi connectivity index (χ4n) is 6.21. The summed E-state index contributed by atoms with van der Waals surface area (Å²) >= 11 is 5.97. The molecule has 0 aromatic heterocycles. The number of rotatable bonds is 8. The maximum Gasteiger partial charge on any atom is 0.131 e. The monoisotopic (exact) mass is 454 g/mol. The Hall–Kier alpha value is -1.34. The molecule has 0 saturated heterocycles. The van der Waals surface area contributed by atoms with Gasteiger partial charge in [-0.3, -0.25) is 0 Å². The zero-order valence-corrected chi connectivity index (χ0v) is 20.6. The molecule has 0 N–H and O–H groups in total. The van der Waals surface area contributed by atoms with E-state index in [9.17, 15) is 4.39 Å². The average molecular weight is 455 g/mol. The molecule has 32 heavy (non-hydrogen) atoms. The van der Waals surface area contributed by atoms with Gasteiger partial charge in [0.1, 0.15) is 5.82 Å². The van der Waals surface area contributed by atoms with Crippen LogP contribution in [0, 0.1) is 23.6 Å². The highest BCUT2D eigenvalue weighted by molar-refractivity contribution is 6.30. The highest BCUT2D eigenvalue weighted by Gasteiger charge is 2.25. The maximum absolute atomic E-state index is 14.9. The first-order valence-electron chi connectivity index (χ1n) is 13.2. The summed E-state index contributed by atoms with van der Waals surface area (Å²) in [4.78, 5) is 0. The van der Waals surface area contributed by atoms with Crippen LogP contribution in [0.5, 0.6) is 0 Å². The van der Waals surface area contributed by atoms with E-state index in [0.29, 0.717) is 16.5 Å². The highest BCUT2D eigenvalue weighted by Crippen LogP contribution is 2.41. The fourth-order valence-corrected chi connectivity index (χ4v) is 6.33. The van der Waals surface area contributed by atoms with Gasteiger partial charge in [0, 0.05) is 10.6 Å². The molecule has 0 nitrogen and oxygen atoms in total. The van der Waals surface area contributed by atoms with Crippen molar-refractivity contribution in [3.8, 4) is 11.1 Å². The average Bonchev–Trinajstić information content (AvgIpc) is 2.83. The Bertz CT molecular complexity index is 826. The second-order valence-electron chi connectivity index (χ2n) is 10.6. The third kappa shape index (κ3) is 6.37. The summed E-state index contributed by atoms with van der Waals surface area (Å²) in [6, 6.07) is 13.3. The minimum absolute atomic E-state index is 0.110. The summed E-state index contributed by atoms with van der Waals surface area (Å²) < 4.78 is 14.9. The summed E-state index contributed by atoms with van der Waals surface area (Å²) in [5.74, 6) is 3.31. The normalized spacial score (nSPS) is 26.2. The van der Waals surface area contributed by atoms with E-state index >= 15 is 0 Å². The minimum Gasteiger partial charge on any atom is -0.206 e. The molecular weight excluding hydrogens is 415 g/mol. The number of halogens is 2. The first-order valence-corrected chi connectivity index (χ1v) is 13.6. The molecule has 0 unspecified atom stereocenters. The van der Waals surface area contributed by atoms with Gasteiger partial charge in [-0.15, -0.1) is 0 Å². The lowest BCUT2D eigenvalue weighted by atomic mass is 9.74. The molecule has 2 aliphatic rings. The van der Waals surface area contributed by atoms with Gasteiger partial charge in [-0.2, -0.15) is 0 Å². The summed E-state index contributed by atoms with van der Waals surface area (Å²) in [5, 5.41) is 0.683. The van der Waals surface area contributed by atoms with Gasteiger partial charge in [0.15, 0.2) is 0 Å². The Labute approximate surface area is 200 Å². The van der Waals surface area contributed by atoms with Crippen molar-refractivity contribution in [2.24, 2.45) is 17.8 Å². The summed E-state index contributed by atoms with van der Waals surface area (Å²) in [5.41, 5.74) is 2.74. The molecule has 2 saturated carbocycles. The molecule has 2 aromatic rings. The first-order chi connectivity index (χ1) is 15.6. The summed E-state index contributed by atoms with van der Waals surface area (Å²) in [6.07, 6.45) is 18.1. The van der Waals surface area contributed by atoms with Gasteiger partial charge in [0.2, 0.25) is 0 Å². The van der Waals surface area contributed by atoms with Crippen LogP contribution in [0.15, 0.2) is 42.5 Å². The lowest BCUT2D eigenvalue weighted by Gasteiger charge is -2.32. The molecule has 2 aromatic carbocycles. The van der Waals surface area contributed by atoms with Crippen molar-refractivity contribution in [3.05, 3.63) is 58.9 Å². The molecule has 0 aliphatic heterocycles. The van der Waals surface area contributed by atoms with Crippen LogP contribution in [0.4, 0.5) is 4.39 Å². The zero-order valence-electron chi connectivity index (χ0n) is 19.8. The van der Waals surface area contributed by atoms with E-state index in [2.05, 4.69) is 13.0 Å². The van der Waals surface area contributed by atoms with Crippen LogP contribution in [0.2, 0.25) is 5.02 Å². The van der Waals surface area contributed by atoms with Gasteiger partial charge in [0.05, 0.1) is 0 Å². The van der Waals surface area contributed by atoms with Crippen molar-refractivity contribution >= 4 is 11.6 Å². The smallest absolute Gasteiger partial charge is 0.131 e. The lowest BCUT2D eigenvalue weighted by Crippen LogP contribution is -2.18. The van der Waals surface area contributed by atoms with E-state index in [4.69, 9.17) is 11.6 Å². The van der Waals surface area contributed by atoms with E-state index in [1.807, 2.05) is 30.3 Å². The molecule has 2 aliphatic carbocycles. The van der Waals surface area contributed by atoms with Crippen molar-refractivity contribution in [3.63, 3.8) is 0 Å². The van der Waals surface area contributed by atoms with E-state index in [1.54, 1.807) is 6.07 Å². The highest BCUT2D eigenvalue weighted by atomic mass is 35.5. The Balaban J connectivity index is 1.22. The van der Waals surface area contributed by atoms with E-state index in [-0.39, 0.29) is 5.82 Å². The Kier molecular flexibility index (Phi) is 8.69. The molecule has 4 rings (SSSR count). The standard InChI is InChI=1S/C30H40ClF/c1-2-3-4-22-5-7-23(8-6-22)9-10-24-11-13-25(14-12-24)27-17-20-29(30(32)21-27)26-15-18-28(31)19-16-26/h15-25H,2-14H2,1H3/t22-,23-,24-,25-. The summed E-state index contributed by atoms with van der Waals surface area (Å²) in [6.45, 7) is 2.31. The molecule has 174 valence electrons. The van der Waals surface area contributed by atoms with Crippen LogP contribution in [0.1, 0.15) is 102 Å². The van der Waals surface area contributed by atoms with Gasteiger partial charge < -0.3 is 0 Å². The van der Waals surface area contributed by atoms with Crippen molar-refractivity contribution in [1.82, 2.24) is 0 Å². The second-order valence-corrected chi connectivity index (χ2v) is 11.0. The number of hydrogen-bond donors (Lipinski definition) is 0. The predicted molar refractivity (Wildman–Crippen MR) is 136 cm³/mol. The van der Waals surface area contributed by atoms with Crippen LogP contribution in [-0.4, -0.2) is 0 Å². The molecule has 0 atom stereocenters. The minimum atomic E-state index is -0.110. The quantitative estimate of drug-likeness (QED) is 0.372. The second kappa shape index (κ2) is 11.7. The Morgan fingerprint density at radius 2 is 1.31 bits per heavy atom.